The summed E-state index contributed by atoms with van der Waals surface area (Å²) in [4.78, 5) is 9.78. The van der Waals surface area contributed by atoms with E-state index in [1.54, 1.807) is 18.3 Å². The Balaban J connectivity index is 1.26. The van der Waals surface area contributed by atoms with Gasteiger partial charge in [0.2, 0.25) is 0 Å². The smallest absolute Gasteiger partial charge is 0.145 e. The second kappa shape index (κ2) is 11.4. The Bertz CT molecular complexity index is 1170. The Morgan fingerprint density at radius 1 is 1.06 bits per heavy atom. The largest absolute Gasteiger partial charge is 0.489 e. The van der Waals surface area contributed by atoms with E-state index < -0.39 is 6.10 Å². The summed E-state index contributed by atoms with van der Waals surface area (Å²) in [5, 5.41) is 10.8. The van der Waals surface area contributed by atoms with Gasteiger partial charge in [0.15, 0.2) is 0 Å². The molecule has 1 saturated heterocycles. The van der Waals surface area contributed by atoms with Crippen LogP contribution in [0.15, 0.2) is 30.3 Å². The third-order valence-corrected chi connectivity index (χ3v) is 8.27. The van der Waals surface area contributed by atoms with Crippen molar-refractivity contribution in [2.24, 2.45) is 0 Å². The third-order valence-electron chi connectivity index (χ3n) is 7.34. The number of benzene rings is 2. The zero-order valence-electron chi connectivity index (χ0n) is 21.8. The van der Waals surface area contributed by atoms with Gasteiger partial charge in [-0.15, -0.1) is 11.3 Å². The van der Waals surface area contributed by atoms with Crippen LogP contribution in [-0.4, -0.2) is 66.5 Å². The van der Waals surface area contributed by atoms with Gasteiger partial charge in [-0.2, -0.15) is 0 Å². The molecule has 2 heterocycles. The van der Waals surface area contributed by atoms with Gasteiger partial charge in [0.1, 0.15) is 35.4 Å². The summed E-state index contributed by atoms with van der Waals surface area (Å²) >= 11 is 1.72. The molecule has 0 radical (unpaired) electrons. The molecule has 1 fully saturated rings. The number of thiazole rings is 1. The van der Waals surface area contributed by atoms with Gasteiger partial charge in [0.25, 0.3) is 0 Å². The summed E-state index contributed by atoms with van der Waals surface area (Å²) in [6.07, 6.45) is 5.56. The molecule has 1 unspecified atom stereocenters. The quantitative estimate of drug-likeness (QED) is 0.427. The lowest BCUT2D eigenvalue weighted by molar-refractivity contribution is 0.120. The van der Waals surface area contributed by atoms with Crippen molar-refractivity contribution < 1.29 is 14.6 Å². The molecule has 1 N–H and O–H groups in total. The van der Waals surface area contributed by atoms with E-state index in [2.05, 4.69) is 47.9 Å². The predicted molar refractivity (Wildman–Crippen MR) is 148 cm³/mol. The molecular formula is C29H39N3O3S. The summed E-state index contributed by atoms with van der Waals surface area (Å²) in [5.41, 5.74) is 4.99. The van der Waals surface area contributed by atoms with Crippen LogP contribution in [0, 0.1) is 6.92 Å². The number of aromatic nitrogens is 1. The fourth-order valence-electron chi connectivity index (χ4n) is 5.43. The molecule has 6 nitrogen and oxygen atoms in total. The average Bonchev–Trinajstić information content (AvgIpc) is 3.27. The lowest BCUT2D eigenvalue weighted by Crippen LogP contribution is -2.49. The number of fused-ring (bicyclic) bond motifs is 2. The maximum Gasteiger partial charge on any atom is 0.145 e. The molecule has 194 valence electrons. The fraction of sp³-hybridized carbons (Fsp3) is 0.552. The number of piperazine rings is 1. The second-order valence-corrected chi connectivity index (χ2v) is 11.4. The van der Waals surface area contributed by atoms with Crippen molar-refractivity contribution in [1.82, 2.24) is 9.88 Å². The molecule has 5 rings (SSSR count). The number of hydrogen-bond donors (Lipinski definition) is 1. The SMILES string of the molecule is CCC(CN1CCN(c2c(OC[C@@H](C)O)ccc3sc(C)nc23)CC1)Oc1cccc2c1CCCC2. The van der Waals surface area contributed by atoms with Crippen LogP contribution in [0.1, 0.15) is 49.2 Å². The first-order chi connectivity index (χ1) is 17.5. The summed E-state index contributed by atoms with van der Waals surface area (Å²) in [6.45, 7) is 11.0. The normalized spacial score (nSPS) is 18.2. The lowest BCUT2D eigenvalue weighted by atomic mass is 9.91. The van der Waals surface area contributed by atoms with Gasteiger partial charge in [0.05, 0.1) is 15.8 Å². The van der Waals surface area contributed by atoms with Crippen molar-refractivity contribution in [3.05, 3.63) is 46.5 Å². The van der Waals surface area contributed by atoms with Crippen molar-refractivity contribution >= 4 is 27.2 Å². The Hall–Kier alpha value is -2.35. The van der Waals surface area contributed by atoms with Gasteiger partial charge in [-0.25, -0.2) is 4.98 Å². The number of aliphatic hydroxyl groups excluding tert-OH is 1. The van der Waals surface area contributed by atoms with Crippen molar-refractivity contribution in [3.63, 3.8) is 0 Å². The van der Waals surface area contributed by atoms with Gasteiger partial charge in [0, 0.05) is 32.7 Å². The van der Waals surface area contributed by atoms with E-state index in [1.165, 1.54) is 35.1 Å². The first kappa shape index (κ1) is 25.3. The molecule has 1 aliphatic heterocycles. The van der Waals surface area contributed by atoms with Crippen LogP contribution in [-0.2, 0) is 12.8 Å². The van der Waals surface area contributed by atoms with Crippen LogP contribution in [0.4, 0.5) is 5.69 Å². The minimum absolute atomic E-state index is 0.194. The van der Waals surface area contributed by atoms with Crippen LogP contribution in [0.2, 0.25) is 0 Å². The van der Waals surface area contributed by atoms with Crippen molar-refractivity contribution in [1.29, 1.82) is 0 Å². The topological polar surface area (TPSA) is 58.1 Å². The zero-order chi connectivity index (χ0) is 25.1. The van der Waals surface area contributed by atoms with E-state index >= 15 is 0 Å². The van der Waals surface area contributed by atoms with E-state index in [9.17, 15) is 5.11 Å². The zero-order valence-corrected chi connectivity index (χ0v) is 22.6. The summed E-state index contributed by atoms with van der Waals surface area (Å²) < 4.78 is 13.8. The van der Waals surface area contributed by atoms with Crippen LogP contribution >= 0.6 is 11.3 Å². The molecule has 36 heavy (non-hydrogen) atoms. The van der Waals surface area contributed by atoms with E-state index in [-0.39, 0.29) is 12.7 Å². The molecule has 1 aliphatic carbocycles. The number of rotatable bonds is 9. The highest BCUT2D eigenvalue weighted by atomic mass is 32.1. The van der Waals surface area contributed by atoms with Gasteiger partial charge >= 0.3 is 0 Å². The van der Waals surface area contributed by atoms with E-state index in [0.717, 1.165) is 73.3 Å². The first-order valence-electron chi connectivity index (χ1n) is 13.5. The maximum absolute atomic E-state index is 9.77. The molecule has 2 aromatic carbocycles. The highest BCUT2D eigenvalue weighted by Crippen LogP contribution is 2.39. The Labute approximate surface area is 218 Å². The minimum atomic E-state index is -0.510. The molecule has 0 bridgehead atoms. The van der Waals surface area contributed by atoms with Crippen LogP contribution < -0.4 is 14.4 Å². The standard InChI is InChI=1S/C29H39N3O3S/c1-4-23(35-25-11-7-9-22-8-5-6-10-24(22)25)18-31-14-16-32(17-15-31)29-26(34-19-20(2)33)12-13-27-28(29)30-21(3)36-27/h7,9,11-13,20,23,33H,4-6,8,10,14-19H2,1-3H3/t20-,23?/m1/s1. The monoisotopic (exact) mass is 509 g/mol. The maximum atomic E-state index is 9.77. The third kappa shape index (κ3) is 5.63. The lowest BCUT2D eigenvalue weighted by Gasteiger charge is -2.38. The minimum Gasteiger partial charge on any atom is -0.489 e. The van der Waals surface area contributed by atoms with Crippen LogP contribution in [0.5, 0.6) is 11.5 Å². The number of anilines is 1. The number of aryl methyl sites for hydroxylation is 2. The van der Waals surface area contributed by atoms with Gasteiger partial charge in [-0.1, -0.05) is 19.1 Å². The summed E-state index contributed by atoms with van der Waals surface area (Å²) in [7, 11) is 0. The average molecular weight is 510 g/mol. The number of aliphatic hydroxyl groups is 1. The van der Waals surface area contributed by atoms with E-state index in [1.807, 2.05) is 6.07 Å². The predicted octanol–water partition coefficient (Wildman–Crippen LogP) is 5.22. The molecule has 0 saturated carbocycles. The Kier molecular flexibility index (Phi) is 7.99. The van der Waals surface area contributed by atoms with Crippen LogP contribution in [0.25, 0.3) is 10.2 Å². The van der Waals surface area contributed by atoms with Crippen molar-refractivity contribution in [2.75, 3.05) is 44.2 Å². The first-order valence-corrected chi connectivity index (χ1v) is 14.3. The van der Waals surface area contributed by atoms with Crippen molar-refractivity contribution in [2.45, 2.75) is 65.1 Å². The van der Waals surface area contributed by atoms with Crippen molar-refractivity contribution in [3.8, 4) is 11.5 Å². The summed E-state index contributed by atoms with van der Waals surface area (Å²) in [5.74, 6) is 1.91. The van der Waals surface area contributed by atoms with Gasteiger partial charge < -0.3 is 19.5 Å². The molecule has 0 spiro atoms. The van der Waals surface area contributed by atoms with Gasteiger partial charge in [-0.3, -0.25) is 4.90 Å². The molecular weight excluding hydrogens is 470 g/mol. The summed E-state index contributed by atoms with van der Waals surface area (Å²) in [6, 6.07) is 10.7. The second-order valence-electron chi connectivity index (χ2n) is 10.2. The van der Waals surface area contributed by atoms with E-state index in [4.69, 9.17) is 14.5 Å². The molecule has 2 atom stereocenters. The highest BCUT2D eigenvalue weighted by Gasteiger charge is 2.26. The molecule has 3 aromatic rings. The van der Waals surface area contributed by atoms with Gasteiger partial charge in [-0.05, 0) is 75.3 Å². The molecule has 1 aromatic heterocycles. The number of nitrogens with zero attached hydrogens (tertiary/aromatic N) is 3. The molecule has 7 heteroatoms. The molecule has 0 amide bonds. The Morgan fingerprint density at radius 3 is 2.64 bits per heavy atom. The Morgan fingerprint density at radius 2 is 1.86 bits per heavy atom. The molecule has 2 aliphatic rings. The number of hydrogen-bond acceptors (Lipinski definition) is 7. The highest BCUT2D eigenvalue weighted by molar-refractivity contribution is 7.18. The number of ether oxygens (including phenoxy) is 2. The van der Waals surface area contributed by atoms with Crippen LogP contribution in [0.3, 0.4) is 0 Å². The van der Waals surface area contributed by atoms with E-state index in [0.29, 0.717) is 0 Å². The fourth-order valence-corrected chi connectivity index (χ4v) is 6.26.